The van der Waals surface area contributed by atoms with Crippen molar-refractivity contribution in [1.29, 1.82) is 0 Å². The van der Waals surface area contributed by atoms with E-state index in [0.29, 0.717) is 11.8 Å². The molecule has 0 aromatic heterocycles. The van der Waals surface area contributed by atoms with Gasteiger partial charge >= 0.3 is 0 Å². The van der Waals surface area contributed by atoms with E-state index in [4.69, 9.17) is 0 Å². The summed E-state index contributed by atoms with van der Waals surface area (Å²) in [5.74, 6) is 1.30. The van der Waals surface area contributed by atoms with Crippen LogP contribution < -0.4 is 0 Å². The van der Waals surface area contributed by atoms with E-state index < -0.39 is 0 Å². The van der Waals surface area contributed by atoms with Gasteiger partial charge in [-0.2, -0.15) is 0 Å². The first-order valence-electron chi connectivity index (χ1n) is 4.01. The van der Waals surface area contributed by atoms with E-state index in [9.17, 15) is 0 Å². The van der Waals surface area contributed by atoms with E-state index >= 15 is 0 Å². The van der Waals surface area contributed by atoms with Crippen molar-refractivity contribution in [2.45, 2.75) is 27.2 Å². The third kappa shape index (κ3) is 2.86. The van der Waals surface area contributed by atoms with Gasteiger partial charge < -0.3 is 0 Å². The maximum absolute atomic E-state index is 3.78. The molecule has 10 heavy (non-hydrogen) atoms. The first kappa shape index (κ1) is 9.48. The molecule has 0 saturated heterocycles. The molecule has 0 fully saturated rings. The van der Waals surface area contributed by atoms with E-state index in [1.54, 1.807) is 0 Å². The Labute approximate surface area is 64.6 Å². The van der Waals surface area contributed by atoms with Gasteiger partial charge in [0.1, 0.15) is 0 Å². The quantitative estimate of drug-likeness (QED) is 0.522. The third-order valence-electron chi connectivity index (χ3n) is 1.96. The molecule has 0 nitrogen and oxygen atoms in total. The highest BCUT2D eigenvalue weighted by Crippen LogP contribution is 2.17. The fourth-order valence-electron chi connectivity index (χ4n) is 1.11. The minimum absolute atomic E-state index is 0.612. The maximum Gasteiger partial charge on any atom is -0.0176 e. The van der Waals surface area contributed by atoms with Crippen molar-refractivity contribution in [3.8, 4) is 0 Å². The van der Waals surface area contributed by atoms with Gasteiger partial charge in [0.15, 0.2) is 0 Å². The Morgan fingerprint density at radius 1 is 1.50 bits per heavy atom. The van der Waals surface area contributed by atoms with Gasteiger partial charge in [0.2, 0.25) is 0 Å². The van der Waals surface area contributed by atoms with Crippen LogP contribution in [0.3, 0.4) is 0 Å². The first-order valence-corrected chi connectivity index (χ1v) is 4.01. The molecule has 0 aliphatic rings. The molecular weight excluding hydrogens is 120 g/mol. The zero-order chi connectivity index (χ0) is 7.98. The van der Waals surface area contributed by atoms with Gasteiger partial charge in [0, 0.05) is 0 Å². The van der Waals surface area contributed by atoms with Crippen LogP contribution in [0.15, 0.2) is 24.8 Å². The molecule has 2 unspecified atom stereocenters. The second kappa shape index (κ2) is 5.28. The summed E-state index contributed by atoms with van der Waals surface area (Å²) in [6.45, 7) is 10.3. The highest BCUT2D eigenvalue weighted by molar-refractivity contribution is 4.93. The van der Waals surface area contributed by atoms with Gasteiger partial charge in [-0.05, 0) is 25.2 Å². The molecule has 0 N–H and O–H groups in total. The average molecular weight is 138 g/mol. The summed E-state index contributed by atoms with van der Waals surface area (Å²) in [5, 5.41) is 0. The Bertz CT molecular complexity index is 111. The molecule has 0 saturated carbocycles. The van der Waals surface area contributed by atoms with Crippen molar-refractivity contribution in [2.75, 3.05) is 0 Å². The van der Waals surface area contributed by atoms with Crippen LogP contribution in [0.1, 0.15) is 27.2 Å². The van der Waals surface area contributed by atoms with E-state index in [0.717, 1.165) is 0 Å². The van der Waals surface area contributed by atoms with Crippen LogP contribution in [-0.4, -0.2) is 0 Å². The van der Waals surface area contributed by atoms with Crippen LogP contribution in [-0.2, 0) is 0 Å². The molecule has 0 radical (unpaired) electrons. The van der Waals surface area contributed by atoms with Crippen LogP contribution >= 0.6 is 0 Å². The van der Waals surface area contributed by atoms with Gasteiger partial charge in [-0.1, -0.05) is 32.1 Å². The molecular formula is C10H18. The zero-order valence-corrected chi connectivity index (χ0v) is 7.30. The number of hydrogen-bond acceptors (Lipinski definition) is 0. The molecule has 0 aromatic rings. The largest absolute Gasteiger partial charge is 0.103 e. The molecule has 0 rings (SSSR count). The summed E-state index contributed by atoms with van der Waals surface area (Å²) in [5.41, 5.74) is 0. The SMILES string of the molecule is C=CC(C)C(/C=C\C)CC. The van der Waals surface area contributed by atoms with Gasteiger partial charge in [-0.25, -0.2) is 0 Å². The van der Waals surface area contributed by atoms with E-state index in [-0.39, 0.29) is 0 Å². The minimum Gasteiger partial charge on any atom is -0.103 e. The van der Waals surface area contributed by atoms with E-state index in [1.807, 2.05) is 6.08 Å². The number of allylic oxidation sites excluding steroid dienone is 3. The molecule has 0 aromatic carbocycles. The number of rotatable bonds is 4. The molecule has 0 aliphatic heterocycles. The standard InChI is InChI=1S/C10H18/c1-5-8-10(7-3)9(4)6-2/h5-6,8-10H,2,7H2,1,3-4H3/b8-5-. The average Bonchev–Trinajstić information content (AvgIpc) is 1.99. The Balaban J connectivity index is 3.91. The van der Waals surface area contributed by atoms with Gasteiger partial charge in [0.05, 0.1) is 0 Å². The lowest BCUT2D eigenvalue weighted by atomic mass is 9.91. The fourth-order valence-corrected chi connectivity index (χ4v) is 1.11. The summed E-state index contributed by atoms with van der Waals surface area (Å²) >= 11 is 0. The lowest BCUT2D eigenvalue weighted by Gasteiger charge is -2.14. The second-order valence-electron chi connectivity index (χ2n) is 2.69. The summed E-state index contributed by atoms with van der Waals surface area (Å²) in [6, 6.07) is 0. The lowest BCUT2D eigenvalue weighted by Crippen LogP contribution is -2.04. The van der Waals surface area contributed by atoms with Crippen molar-refractivity contribution in [1.82, 2.24) is 0 Å². The molecule has 58 valence electrons. The normalized spacial score (nSPS) is 17.1. The summed E-state index contributed by atoms with van der Waals surface area (Å²) in [7, 11) is 0. The Morgan fingerprint density at radius 3 is 2.40 bits per heavy atom. The Kier molecular flexibility index (Phi) is 5.00. The molecule has 2 atom stereocenters. The highest BCUT2D eigenvalue weighted by Gasteiger charge is 2.06. The summed E-state index contributed by atoms with van der Waals surface area (Å²) < 4.78 is 0. The van der Waals surface area contributed by atoms with Crippen molar-refractivity contribution in [3.05, 3.63) is 24.8 Å². The summed E-state index contributed by atoms with van der Waals surface area (Å²) in [6.07, 6.45) is 7.60. The first-order chi connectivity index (χ1) is 4.76. The van der Waals surface area contributed by atoms with E-state index in [2.05, 4.69) is 39.5 Å². The molecule has 0 amide bonds. The third-order valence-corrected chi connectivity index (χ3v) is 1.96. The topological polar surface area (TPSA) is 0 Å². The van der Waals surface area contributed by atoms with Crippen LogP contribution in [0.4, 0.5) is 0 Å². The molecule has 0 heteroatoms. The predicted octanol–water partition coefficient (Wildman–Crippen LogP) is 3.41. The zero-order valence-electron chi connectivity index (χ0n) is 7.30. The van der Waals surface area contributed by atoms with Crippen LogP contribution in [0, 0.1) is 11.8 Å². The molecule has 0 heterocycles. The van der Waals surface area contributed by atoms with Crippen molar-refractivity contribution >= 4 is 0 Å². The minimum atomic E-state index is 0.612. The van der Waals surface area contributed by atoms with Crippen molar-refractivity contribution in [2.24, 2.45) is 11.8 Å². The fraction of sp³-hybridized carbons (Fsp3) is 0.600. The lowest BCUT2D eigenvalue weighted by molar-refractivity contribution is 0.497. The Morgan fingerprint density at radius 2 is 2.10 bits per heavy atom. The molecule has 0 spiro atoms. The van der Waals surface area contributed by atoms with Crippen LogP contribution in [0.5, 0.6) is 0 Å². The summed E-state index contributed by atoms with van der Waals surface area (Å²) in [4.78, 5) is 0. The van der Waals surface area contributed by atoms with Crippen LogP contribution in [0.2, 0.25) is 0 Å². The van der Waals surface area contributed by atoms with Crippen LogP contribution in [0.25, 0.3) is 0 Å². The van der Waals surface area contributed by atoms with Gasteiger partial charge in [-0.3, -0.25) is 0 Å². The van der Waals surface area contributed by atoms with Gasteiger partial charge in [-0.15, -0.1) is 6.58 Å². The molecule has 0 bridgehead atoms. The smallest absolute Gasteiger partial charge is 0.0176 e. The van der Waals surface area contributed by atoms with Crippen molar-refractivity contribution in [3.63, 3.8) is 0 Å². The second-order valence-corrected chi connectivity index (χ2v) is 2.69. The van der Waals surface area contributed by atoms with E-state index in [1.165, 1.54) is 6.42 Å². The predicted molar refractivity (Wildman–Crippen MR) is 48.0 cm³/mol. The number of hydrogen-bond donors (Lipinski definition) is 0. The molecule has 0 aliphatic carbocycles. The maximum atomic E-state index is 3.78. The Hall–Kier alpha value is -0.520. The monoisotopic (exact) mass is 138 g/mol. The highest BCUT2D eigenvalue weighted by atomic mass is 14.1. The van der Waals surface area contributed by atoms with Crippen molar-refractivity contribution < 1.29 is 0 Å². The van der Waals surface area contributed by atoms with Gasteiger partial charge in [0.25, 0.3) is 0 Å².